The van der Waals surface area contributed by atoms with E-state index in [0.29, 0.717) is 12.0 Å². The number of carboxylic acids is 1. The molecule has 3 heteroatoms. The Morgan fingerprint density at radius 3 is 2.27 bits per heavy atom. The van der Waals surface area contributed by atoms with E-state index in [9.17, 15) is 4.79 Å². The summed E-state index contributed by atoms with van der Waals surface area (Å²) in [5, 5.41) is 8.96. The van der Waals surface area contributed by atoms with Gasteiger partial charge in [-0.1, -0.05) is 19.3 Å². The minimum atomic E-state index is -0.722. The highest BCUT2D eigenvalue weighted by atomic mass is 16.4. The topological polar surface area (TPSA) is 40.5 Å². The zero-order valence-corrected chi connectivity index (χ0v) is 10.1. The Morgan fingerprint density at radius 1 is 1.27 bits per heavy atom. The first-order chi connectivity index (χ1) is 7.04. The molecule has 0 amide bonds. The lowest BCUT2D eigenvalue weighted by Crippen LogP contribution is -2.45. The largest absolute Gasteiger partial charge is 0.480 e. The number of hydrogen-bond donors (Lipinski definition) is 1. The van der Waals surface area contributed by atoms with Gasteiger partial charge in [-0.25, -0.2) is 0 Å². The molecule has 0 bridgehead atoms. The predicted octanol–water partition coefficient (Wildman–Crippen LogP) is 2.36. The van der Waals surface area contributed by atoms with Gasteiger partial charge in [0, 0.05) is 6.04 Å². The molecule has 0 aromatic heterocycles. The van der Waals surface area contributed by atoms with E-state index in [1.165, 1.54) is 32.1 Å². The number of carboxylic acid groups (broad SMARTS) is 1. The number of hydrogen-bond acceptors (Lipinski definition) is 2. The quantitative estimate of drug-likeness (QED) is 0.779. The molecule has 15 heavy (non-hydrogen) atoms. The first-order valence-corrected chi connectivity index (χ1v) is 5.98. The van der Waals surface area contributed by atoms with Gasteiger partial charge in [0.15, 0.2) is 0 Å². The fraction of sp³-hybridized carbons (Fsp3) is 0.917. The van der Waals surface area contributed by atoms with Gasteiger partial charge in [0.25, 0.3) is 0 Å². The highest BCUT2D eigenvalue weighted by molar-refractivity contribution is 5.72. The molecule has 0 saturated heterocycles. The van der Waals surface area contributed by atoms with Gasteiger partial charge < -0.3 is 5.11 Å². The molecule has 0 aromatic carbocycles. The van der Waals surface area contributed by atoms with Gasteiger partial charge in [-0.2, -0.15) is 0 Å². The summed E-state index contributed by atoms with van der Waals surface area (Å²) in [5.74, 6) is -0.0364. The summed E-state index contributed by atoms with van der Waals surface area (Å²) in [6.45, 7) is 3.93. The molecule has 0 radical (unpaired) electrons. The van der Waals surface area contributed by atoms with Gasteiger partial charge >= 0.3 is 5.97 Å². The van der Waals surface area contributed by atoms with Crippen molar-refractivity contribution in [1.29, 1.82) is 0 Å². The van der Waals surface area contributed by atoms with Crippen LogP contribution in [0.15, 0.2) is 0 Å². The summed E-state index contributed by atoms with van der Waals surface area (Å²) >= 11 is 0. The molecular weight excluding hydrogens is 190 g/mol. The van der Waals surface area contributed by atoms with Crippen molar-refractivity contribution < 1.29 is 9.90 Å². The maximum absolute atomic E-state index is 10.9. The number of carbonyl (C=O) groups is 1. The molecule has 88 valence electrons. The van der Waals surface area contributed by atoms with Crippen LogP contribution in [0.2, 0.25) is 0 Å². The van der Waals surface area contributed by atoms with Crippen LogP contribution in [0.5, 0.6) is 0 Å². The average molecular weight is 213 g/mol. The van der Waals surface area contributed by atoms with Crippen LogP contribution >= 0.6 is 0 Å². The highest BCUT2D eigenvalue weighted by Gasteiger charge is 2.28. The van der Waals surface area contributed by atoms with Gasteiger partial charge in [0.2, 0.25) is 0 Å². The number of nitrogens with zero attached hydrogens (tertiary/aromatic N) is 1. The zero-order chi connectivity index (χ0) is 11.4. The predicted molar refractivity (Wildman–Crippen MR) is 60.9 cm³/mol. The van der Waals surface area contributed by atoms with E-state index in [4.69, 9.17) is 5.11 Å². The van der Waals surface area contributed by atoms with Crippen LogP contribution in [0.1, 0.15) is 46.0 Å². The Kier molecular flexibility index (Phi) is 4.58. The SMILES string of the molecule is CC(C(=O)O)N(C)C(C)C1CCCCC1. The van der Waals surface area contributed by atoms with E-state index in [2.05, 4.69) is 6.92 Å². The second kappa shape index (κ2) is 5.50. The highest BCUT2D eigenvalue weighted by Crippen LogP contribution is 2.29. The lowest BCUT2D eigenvalue weighted by atomic mass is 9.84. The molecule has 1 N–H and O–H groups in total. The van der Waals surface area contributed by atoms with Gasteiger partial charge in [-0.3, -0.25) is 9.69 Å². The van der Waals surface area contributed by atoms with Crippen LogP contribution in [0.4, 0.5) is 0 Å². The molecule has 2 unspecified atom stereocenters. The van der Waals surface area contributed by atoms with E-state index < -0.39 is 5.97 Å². The van der Waals surface area contributed by atoms with Crippen molar-refractivity contribution in [3.63, 3.8) is 0 Å². The fourth-order valence-corrected chi connectivity index (χ4v) is 2.48. The summed E-state index contributed by atoms with van der Waals surface area (Å²) in [4.78, 5) is 12.9. The van der Waals surface area contributed by atoms with Crippen LogP contribution in [-0.4, -0.2) is 35.1 Å². The second-order valence-corrected chi connectivity index (χ2v) is 4.82. The molecule has 2 atom stereocenters. The van der Waals surface area contributed by atoms with Crippen LogP contribution in [0.3, 0.4) is 0 Å². The molecule has 0 heterocycles. The summed E-state index contributed by atoms with van der Waals surface area (Å²) < 4.78 is 0. The molecule has 1 aliphatic carbocycles. The van der Waals surface area contributed by atoms with Crippen molar-refractivity contribution in [1.82, 2.24) is 4.90 Å². The third-order valence-electron chi connectivity index (χ3n) is 3.94. The number of aliphatic carboxylic acids is 1. The lowest BCUT2D eigenvalue weighted by Gasteiger charge is -2.36. The summed E-state index contributed by atoms with van der Waals surface area (Å²) in [6, 6.07) is 0.0123. The van der Waals surface area contributed by atoms with Crippen molar-refractivity contribution in [2.75, 3.05) is 7.05 Å². The van der Waals surface area contributed by atoms with E-state index in [1.54, 1.807) is 6.92 Å². The molecule has 1 fully saturated rings. The Labute approximate surface area is 92.5 Å². The number of likely N-dealkylation sites (N-methyl/N-ethyl adjacent to an activating group) is 1. The van der Waals surface area contributed by atoms with Gasteiger partial charge in [0.1, 0.15) is 6.04 Å². The normalized spacial score (nSPS) is 22.7. The van der Waals surface area contributed by atoms with Crippen molar-refractivity contribution >= 4 is 5.97 Å². The summed E-state index contributed by atoms with van der Waals surface area (Å²) in [7, 11) is 1.93. The molecular formula is C12H23NO2. The van der Waals surface area contributed by atoms with Crippen molar-refractivity contribution in [2.24, 2.45) is 5.92 Å². The maximum Gasteiger partial charge on any atom is 0.320 e. The molecule has 1 rings (SSSR count). The number of rotatable bonds is 4. The summed E-state index contributed by atoms with van der Waals surface area (Å²) in [5.41, 5.74) is 0. The Balaban J connectivity index is 2.50. The van der Waals surface area contributed by atoms with Gasteiger partial charge in [-0.05, 0) is 39.7 Å². The maximum atomic E-state index is 10.9. The molecule has 0 aliphatic heterocycles. The zero-order valence-electron chi connectivity index (χ0n) is 10.1. The molecule has 0 spiro atoms. The Hall–Kier alpha value is -0.570. The first-order valence-electron chi connectivity index (χ1n) is 5.98. The van der Waals surface area contributed by atoms with Crippen LogP contribution in [0, 0.1) is 5.92 Å². The monoisotopic (exact) mass is 213 g/mol. The Bertz CT molecular complexity index is 212. The van der Waals surface area contributed by atoms with Crippen molar-refractivity contribution in [3.8, 4) is 0 Å². The minimum Gasteiger partial charge on any atom is -0.480 e. The second-order valence-electron chi connectivity index (χ2n) is 4.82. The third-order valence-corrected chi connectivity index (χ3v) is 3.94. The standard InChI is InChI=1S/C12H23NO2/c1-9(11-7-5-4-6-8-11)13(3)10(2)12(14)15/h9-11H,4-8H2,1-3H3,(H,14,15). The smallest absolute Gasteiger partial charge is 0.320 e. The Morgan fingerprint density at radius 2 is 1.80 bits per heavy atom. The molecule has 1 saturated carbocycles. The molecule has 3 nitrogen and oxygen atoms in total. The van der Waals surface area contributed by atoms with E-state index >= 15 is 0 Å². The van der Waals surface area contributed by atoms with Crippen LogP contribution < -0.4 is 0 Å². The third kappa shape index (κ3) is 3.20. The first kappa shape index (κ1) is 12.5. The summed E-state index contributed by atoms with van der Waals surface area (Å²) in [6.07, 6.45) is 6.49. The van der Waals surface area contributed by atoms with Gasteiger partial charge in [0.05, 0.1) is 0 Å². The van der Waals surface area contributed by atoms with E-state index in [0.717, 1.165) is 0 Å². The molecule has 0 aromatic rings. The van der Waals surface area contributed by atoms with Gasteiger partial charge in [-0.15, -0.1) is 0 Å². The van der Waals surface area contributed by atoms with Crippen molar-refractivity contribution in [3.05, 3.63) is 0 Å². The van der Waals surface area contributed by atoms with Crippen LogP contribution in [-0.2, 0) is 4.79 Å². The minimum absolute atomic E-state index is 0.373. The average Bonchev–Trinajstić information content (AvgIpc) is 2.27. The lowest BCUT2D eigenvalue weighted by molar-refractivity contribution is -0.143. The van der Waals surface area contributed by atoms with E-state index in [1.807, 2.05) is 11.9 Å². The fourth-order valence-electron chi connectivity index (χ4n) is 2.48. The molecule has 1 aliphatic rings. The van der Waals surface area contributed by atoms with Crippen molar-refractivity contribution in [2.45, 2.75) is 58.0 Å². The van der Waals surface area contributed by atoms with Crippen LogP contribution in [0.25, 0.3) is 0 Å². The van der Waals surface area contributed by atoms with E-state index in [-0.39, 0.29) is 6.04 Å².